The van der Waals surface area contributed by atoms with Crippen molar-refractivity contribution in [2.24, 2.45) is 11.8 Å². The molecule has 0 bridgehead atoms. The van der Waals surface area contributed by atoms with Gasteiger partial charge in [0.1, 0.15) is 12.2 Å². The van der Waals surface area contributed by atoms with Gasteiger partial charge in [-0.1, -0.05) is 20.4 Å². The zero-order valence-electron chi connectivity index (χ0n) is 15.9. The summed E-state index contributed by atoms with van der Waals surface area (Å²) in [6.45, 7) is 11.5. The van der Waals surface area contributed by atoms with Crippen LogP contribution in [-0.2, 0) is 23.8 Å². The maximum Gasteiger partial charge on any atom is 0.334 e. The van der Waals surface area contributed by atoms with Crippen LogP contribution in [0.1, 0.15) is 47.0 Å². The molecular formula is C20H28O6. The zero-order valence-corrected chi connectivity index (χ0v) is 15.9. The van der Waals surface area contributed by atoms with Crippen molar-refractivity contribution in [3.63, 3.8) is 0 Å². The Balaban J connectivity index is 1.92. The zero-order chi connectivity index (χ0) is 19.2. The van der Waals surface area contributed by atoms with Gasteiger partial charge in [0.05, 0.1) is 23.7 Å². The number of hydrogen-bond donors (Lipinski definition) is 1. The maximum atomic E-state index is 12.3. The lowest BCUT2D eigenvalue weighted by Gasteiger charge is -2.29. The normalized spacial score (nSPS) is 41.6. The largest absolute Gasteiger partial charge is 0.461 e. The number of carbonyl (C=O) groups excluding carboxylic acids is 2. The van der Waals surface area contributed by atoms with Crippen molar-refractivity contribution in [3.8, 4) is 0 Å². The highest BCUT2D eigenvalue weighted by atomic mass is 16.6. The third-order valence-corrected chi connectivity index (χ3v) is 5.55. The van der Waals surface area contributed by atoms with Crippen molar-refractivity contribution >= 4 is 11.9 Å². The van der Waals surface area contributed by atoms with E-state index in [0.717, 1.165) is 5.57 Å². The van der Waals surface area contributed by atoms with E-state index in [1.807, 2.05) is 20.8 Å². The molecule has 0 aromatic heterocycles. The van der Waals surface area contributed by atoms with E-state index < -0.39 is 35.8 Å². The van der Waals surface area contributed by atoms with Crippen LogP contribution in [0.25, 0.3) is 0 Å². The lowest BCUT2D eigenvalue weighted by Crippen LogP contribution is -2.38. The minimum atomic E-state index is -0.657. The van der Waals surface area contributed by atoms with Crippen LogP contribution < -0.4 is 0 Å². The molecule has 3 rings (SSSR count). The van der Waals surface area contributed by atoms with Crippen LogP contribution in [-0.4, -0.2) is 47.1 Å². The van der Waals surface area contributed by atoms with Gasteiger partial charge in [0.2, 0.25) is 0 Å². The fraction of sp³-hybridized carbons (Fsp3) is 0.700. The number of esters is 2. The minimum Gasteiger partial charge on any atom is -0.461 e. The number of epoxide rings is 1. The molecule has 0 spiro atoms. The van der Waals surface area contributed by atoms with Gasteiger partial charge in [0.15, 0.2) is 0 Å². The van der Waals surface area contributed by atoms with Gasteiger partial charge < -0.3 is 19.3 Å². The van der Waals surface area contributed by atoms with Crippen LogP contribution in [0, 0.1) is 11.8 Å². The molecule has 1 N–H and O–H groups in total. The number of rotatable bonds is 3. The quantitative estimate of drug-likeness (QED) is 0.358. The fourth-order valence-corrected chi connectivity index (χ4v) is 3.90. The molecule has 6 heteroatoms. The summed E-state index contributed by atoms with van der Waals surface area (Å²) in [5, 5.41) is 10.4. The Morgan fingerprint density at radius 3 is 2.85 bits per heavy atom. The third kappa shape index (κ3) is 3.71. The van der Waals surface area contributed by atoms with Gasteiger partial charge in [-0.15, -0.1) is 0 Å². The van der Waals surface area contributed by atoms with Crippen molar-refractivity contribution in [1.29, 1.82) is 0 Å². The molecule has 26 heavy (non-hydrogen) atoms. The van der Waals surface area contributed by atoms with Gasteiger partial charge in [-0.25, -0.2) is 4.79 Å². The predicted molar refractivity (Wildman–Crippen MR) is 94.1 cm³/mol. The van der Waals surface area contributed by atoms with E-state index in [0.29, 0.717) is 24.8 Å². The lowest BCUT2D eigenvalue weighted by atomic mass is 9.82. The Bertz CT molecular complexity index is 651. The molecule has 0 unspecified atom stereocenters. The van der Waals surface area contributed by atoms with E-state index >= 15 is 0 Å². The number of carbonyl (C=O) groups is 2. The molecule has 0 aromatic carbocycles. The molecule has 2 saturated heterocycles. The van der Waals surface area contributed by atoms with Crippen LogP contribution in [0.5, 0.6) is 0 Å². The second-order valence-corrected chi connectivity index (χ2v) is 8.33. The third-order valence-electron chi connectivity index (χ3n) is 5.55. The van der Waals surface area contributed by atoms with E-state index in [-0.39, 0.29) is 18.0 Å². The second-order valence-electron chi connectivity index (χ2n) is 8.33. The van der Waals surface area contributed by atoms with Gasteiger partial charge in [0, 0.05) is 24.8 Å². The van der Waals surface area contributed by atoms with Gasteiger partial charge in [0.25, 0.3) is 0 Å². The van der Waals surface area contributed by atoms with Crippen molar-refractivity contribution in [2.45, 2.75) is 77.0 Å². The number of fused-ring (bicyclic) bond motifs is 2. The SMILES string of the molecule is C=C1C(=O)O[C@@H]2/C=C(\C)[C@H](O)C[C@H]3O[C@]3(C)C[C@@H](OC(=O)CC(C)C)[C@@H]12. The van der Waals surface area contributed by atoms with Gasteiger partial charge >= 0.3 is 11.9 Å². The standard InChI is InChI=1S/C20H28O6/c1-10(2)6-17(22)24-15-9-20(5)16(26-20)8-13(21)11(3)7-14-18(15)12(4)19(23)25-14/h7,10,13-16,18,21H,4,6,8-9H2,1-3,5H3/b11-7+/t13-,14-,15-,16-,18+,20-/m1/s1. The average molecular weight is 364 g/mol. The molecule has 1 aliphatic carbocycles. The van der Waals surface area contributed by atoms with Crippen LogP contribution in [0.3, 0.4) is 0 Å². The lowest BCUT2D eigenvalue weighted by molar-refractivity contribution is -0.154. The molecule has 2 fully saturated rings. The molecule has 144 valence electrons. The summed E-state index contributed by atoms with van der Waals surface area (Å²) in [5.74, 6) is -1.07. The highest BCUT2D eigenvalue weighted by Gasteiger charge is 2.57. The molecule has 3 aliphatic rings. The molecule has 0 saturated carbocycles. The van der Waals surface area contributed by atoms with Crippen LogP contribution in [0.2, 0.25) is 0 Å². The summed E-state index contributed by atoms with van der Waals surface area (Å²) < 4.78 is 17.1. The van der Waals surface area contributed by atoms with Crippen LogP contribution >= 0.6 is 0 Å². The van der Waals surface area contributed by atoms with E-state index in [1.54, 1.807) is 13.0 Å². The summed E-state index contributed by atoms with van der Waals surface area (Å²) in [4.78, 5) is 24.4. The van der Waals surface area contributed by atoms with Gasteiger partial charge in [-0.3, -0.25) is 4.79 Å². The molecular weight excluding hydrogens is 336 g/mol. The Morgan fingerprint density at radius 1 is 1.50 bits per heavy atom. The van der Waals surface area contributed by atoms with Crippen molar-refractivity contribution in [1.82, 2.24) is 0 Å². The predicted octanol–water partition coefficient (Wildman–Crippen LogP) is 2.30. The summed E-state index contributed by atoms with van der Waals surface area (Å²) in [6.07, 6.45) is 1.06. The fourth-order valence-electron chi connectivity index (χ4n) is 3.90. The summed E-state index contributed by atoms with van der Waals surface area (Å²) in [6, 6.07) is 0. The van der Waals surface area contributed by atoms with Crippen molar-refractivity contribution < 1.29 is 28.9 Å². The first-order valence-electron chi connectivity index (χ1n) is 9.24. The van der Waals surface area contributed by atoms with Crippen molar-refractivity contribution in [2.75, 3.05) is 0 Å². The van der Waals surface area contributed by atoms with E-state index in [9.17, 15) is 14.7 Å². The number of ether oxygens (including phenoxy) is 3. The highest BCUT2D eigenvalue weighted by molar-refractivity contribution is 5.91. The molecule has 2 heterocycles. The number of hydrogen-bond acceptors (Lipinski definition) is 6. The Labute approximate surface area is 154 Å². The average Bonchev–Trinajstić information content (AvgIpc) is 3.04. The summed E-state index contributed by atoms with van der Waals surface area (Å²) in [5.41, 5.74) is 0.532. The molecule has 0 aromatic rings. The number of aliphatic hydroxyl groups excluding tert-OH is 1. The van der Waals surface area contributed by atoms with Crippen LogP contribution in [0.4, 0.5) is 0 Å². The van der Waals surface area contributed by atoms with Crippen molar-refractivity contribution in [3.05, 3.63) is 23.8 Å². The van der Waals surface area contributed by atoms with E-state index in [1.165, 1.54) is 0 Å². The summed E-state index contributed by atoms with van der Waals surface area (Å²) in [7, 11) is 0. The first-order valence-corrected chi connectivity index (χ1v) is 9.24. The number of aliphatic hydroxyl groups is 1. The maximum absolute atomic E-state index is 12.3. The van der Waals surface area contributed by atoms with E-state index in [4.69, 9.17) is 14.2 Å². The second kappa shape index (κ2) is 6.82. The molecule has 6 nitrogen and oxygen atoms in total. The Hall–Kier alpha value is -1.66. The minimum absolute atomic E-state index is 0.102. The molecule has 0 amide bonds. The highest BCUT2D eigenvalue weighted by Crippen LogP contribution is 2.47. The molecule has 0 radical (unpaired) electrons. The van der Waals surface area contributed by atoms with Crippen LogP contribution in [0.15, 0.2) is 23.8 Å². The first-order chi connectivity index (χ1) is 12.1. The monoisotopic (exact) mass is 364 g/mol. The molecule has 6 atom stereocenters. The summed E-state index contributed by atoms with van der Waals surface area (Å²) >= 11 is 0. The first kappa shape index (κ1) is 19.1. The van der Waals surface area contributed by atoms with Gasteiger partial charge in [-0.05, 0) is 31.4 Å². The van der Waals surface area contributed by atoms with Gasteiger partial charge in [-0.2, -0.15) is 0 Å². The Kier molecular flexibility index (Phi) is 5.01. The molecule has 2 aliphatic heterocycles. The topological polar surface area (TPSA) is 85.4 Å². The van der Waals surface area contributed by atoms with E-state index in [2.05, 4.69) is 6.58 Å². The smallest absolute Gasteiger partial charge is 0.334 e. The Morgan fingerprint density at radius 2 is 2.19 bits per heavy atom.